The molecule has 1 atom stereocenters. The first-order valence-electron chi connectivity index (χ1n) is 7.04. The van der Waals surface area contributed by atoms with Crippen molar-refractivity contribution in [1.29, 1.82) is 0 Å². The Balaban J connectivity index is 1.83. The van der Waals surface area contributed by atoms with Crippen molar-refractivity contribution in [1.82, 2.24) is 9.47 Å². The van der Waals surface area contributed by atoms with E-state index in [1.807, 2.05) is 16.8 Å². The summed E-state index contributed by atoms with van der Waals surface area (Å²) in [5.74, 6) is -1.02. The van der Waals surface area contributed by atoms with Crippen molar-refractivity contribution in [2.24, 2.45) is 0 Å². The molecule has 2 heterocycles. The van der Waals surface area contributed by atoms with Crippen LogP contribution in [0.4, 0.5) is 0 Å². The van der Waals surface area contributed by atoms with Crippen molar-refractivity contribution < 1.29 is 19.4 Å². The average molecular weight is 357 g/mol. The molecule has 1 N–H and O–H groups in total. The summed E-state index contributed by atoms with van der Waals surface area (Å²) >= 11 is 3.42. The molecule has 21 heavy (non-hydrogen) atoms. The fourth-order valence-corrected chi connectivity index (χ4v) is 3.15. The third-order valence-corrected chi connectivity index (χ3v) is 4.31. The van der Waals surface area contributed by atoms with Crippen LogP contribution in [0.2, 0.25) is 0 Å². The first-order chi connectivity index (χ1) is 10.1. The Morgan fingerprint density at radius 3 is 2.86 bits per heavy atom. The number of rotatable bonds is 4. The Bertz CT molecular complexity index is 567. The van der Waals surface area contributed by atoms with E-state index in [1.54, 1.807) is 4.90 Å². The monoisotopic (exact) mass is 356 g/mol. The van der Waals surface area contributed by atoms with Gasteiger partial charge in [0.1, 0.15) is 5.69 Å². The smallest absolute Gasteiger partial charge is 0.305 e. The van der Waals surface area contributed by atoms with Gasteiger partial charge in [-0.2, -0.15) is 0 Å². The highest BCUT2D eigenvalue weighted by molar-refractivity contribution is 9.10. The first kappa shape index (κ1) is 14.6. The topological polar surface area (TPSA) is 71.8 Å². The minimum atomic E-state index is -0.915. The van der Waals surface area contributed by atoms with E-state index in [0.29, 0.717) is 24.9 Å². The van der Waals surface area contributed by atoms with Crippen LogP contribution in [-0.2, 0) is 9.53 Å². The molecule has 1 aliphatic heterocycles. The van der Waals surface area contributed by atoms with E-state index in [1.165, 1.54) is 0 Å². The molecular weight excluding hydrogens is 340 g/mol. The number of carboxylic acids is 1. The fraction of sp³-hybridized carbons (Fsp3) is 0.571. The minimum absolute atomic E-state index is 0.0863. The van der Waals surface area contributed by atoms with Gasteiger partial charge in [0.15, 0.2) is 0 Å². The minimum Gasteiger partial charge on any atom is -0.481 e. The van der Waals surface area contributed by atoms with Crippen LogP contribution in [0.3, 0.4) is 0 Å². The third kappa shape index (κ3) is 3.13. The predicted octanol–water partition coefficient (Wildman–Crippen LogP) is 1.90. The highest BCUT2D eigenvalue weighted by Crippen LogP contribution is 2.38. The first-order valence-corrected chi connectivity index (χ1v) is 7.83. The van der Waals surface area contributed by atoms with Crippen molar-refractivity contribution in [3.63, 3.8) is 0 Å². The van der Waals surface area contributed by atoms with Gasteiger partial charge in [-0.15, -0.1) is 0 Å². The maximum absolute atomic E-state index is 12.8. The van der Waals surface area contributed by atoms with Crippen LogP contribution in [-0.4, -0.2) is 52.3 Å². The molecule has 1 aliphatic carbocycles. The number of aromatic nitrogens is 1. The summed E-state index contributed by atoms with van der Waals surface area (Å²) in [6.07, 6.45) is 4.01. The predicted molar refractivity (Wildman–Crippen MR) is 78.3 cm³/mol. The Hall–Kier alpha value is -1.34. The third-order valence-electron chi connectivity index (χ3n) is 3.87. The summed E-state index contributed by atoms with van der Waals surface area (Å²) in [4.78, 5) is 25.4. The molecule has 1 saturated heterocycles. The summed E-state index contributed by atoms with van der Waals surface area (Å²) in [6.45, 7) is 1.17. The van der Waals surface area contributed by atoms with Crippen molar-refractivity contribution in [2.75, 3.05) is 19.8 Å². The summed E-state index contributed by atoms with van der Waals surface area (Å²) in [6, 6.07) is 1.81. The number of morpholine rings is 1. The van der Waals surface area contributed by atoms with Gasteiger partial charge in [-0.3, -0.25) is 9.59 Å². The number of hydrogen-bond donors (Lipinski definition) is 1. The number of ether oxygens (including phenoxy) is 1. The van der Waals surface area contributed by atoms with Gasteiger partial charge in [0, 0.05) is 23.3 Å². The molecule has 1 aromatic rings. The zero-order valence-electron chi connectivity index (χ0n) is 11.5. The van der Waals surface area contributed by atoms with Crippen LogP contribution in [0.25, 0.3) is 0 Å². The van der Waals surface area contributed by atoms with Crippen molar-refractivity contribution in [3.05, 3.63) is 22.4 Å². The van der Waals surface area contributed by atoms with Crippen molar-refractivity contribution >= 4 is 27.8 Å². The maximum atomic E-state index is 12.8. The van der Waals surface area contributed by atoms with E-state index in [-0.39, 0.29) is 18.9 Å². The lowest BCUT2D eigenvalue weighted by Gasteiger charge is -2.35. The van der Waals surface area contributed by atoms with E-state index in [9.17, 15) is 9.59 Å². The summed E-state index contributed by atoms with van der Waals surface area (Å²) in [5.41, 5.74) is 0.627. The molecule has 1 aromatic heterocycles. The van der Waals surface area contributed by atoms with Gasteiger partial charge in [-0.1, -0.05) is 0 Å². The summed E-state index contributed by atoms with van der Waals surface area (Å²) in [5, 5.41) is 8.99. The standard InChI is InChI=1S/C14H17BrN2O4/c15-9-5-12(17(7-9)10-1-2-10)14(20)16-3-4-21-8-11(16)6-13(18)19/h5,7,10-11H,1-4,6,8H2,(H,18,19). The number of aliphatic carboxylic acids is 1. The normalized spacial score (nSPS) is 22.3. The van der Waals surface area contributed by atoms with Crippen LogP contribution in [0.1, 0.15) is 35.8 Å². The van der Waals surface area contributed by atoms with Gasteiger partial charge in [0.25, 0.3) is 5.91 Å². The zero-order chi connectivity index (χ0) is 15.0. The number of halogens is 1. The number of carbonyl (C=O) groups excluding carboxylic acids is 1. The maximum Gasteiger partial charge on any atom is 0.305 e. The number of nitrogens with zero attached hydrogens (tertiary/aromatic N) is 2. The second-order valence-electron chi connectivity index (χ2n) is 5.51. The average Bonchev–Trinajstić information content (AvgIpc) is 3.21. The Labute approximate surface area is 130 Å². The molecule has 2 fully saturated rings. The molecule has 6 nitrogen and oxygen atoms in total. The molecule has 3 rings (SSSR count). The van der Waals surface area contributed by atoms with E-state index >= 15 is 0 Å². The molecule has 0 radical (unpaired) electrons. The number of carboxylic acid groups (broad SMARTS) is 1. The molecular formula is C14H17BrN2O4. The number of carbonyl (C=O) groups is 2. The van der Waals surface area contributed by atoms with Gasteiger partial charge in [0.05, 0.1) is 25.7 Å². The molecule has 0 bridgehead atoms. The van der Waals surface area contributed by atoms with Crippen molar-refractivity contribution in [2.45, 2.75) is 31.3 Å². The van der Waals surface area contributed by atoms with Crippen molar-refractivity contribution in [3.8, 4) is 0 Å². The molecule has 1 amide bonds. The Morgan fingerprint density at radius 2 is 2.19 bits per heavy atom. The van der Waals surface area contributed by atoms with Crippen LogP contribution in [0.15, 0.2) is 16.7 Å². The zero-order valence-corrected chi connectivity index (χ0v) is 13.1. The van der Waals surface area contributed by atoms with E-state index in [0.717, 1.165) is 17.3 Å². The van der Waals surface area contributed by atoms with Crippen LogP contribution in [0, 0.1) is 0 Å². The second kappa shape index (κ2) is 5.81. The quantitative estimate of drug-likeness (QED) is 0.894. The Kier molecular flexibility index (Phi) is 4.03. The van der Waals surface area contributed by atoms with E-state index < -0.39 is 12.0 Å². The molecule has 7 heteroatoms. The van der Waals surface area contributed by atoms with Crippen LogP contribution in [0.5, 0.6) is 0 Å². The van der Waals surface area contributed by atoms with Crippen LogP contribution < -0.4 is 0 Å². The highest BCUT2D eigenvalue weighted by atomic mass is 79.9. The molecule has 0 aromatic carbocycles. The van der Waals surface area contributed by atoms with Gasteiger partial charge in [-0.05, 0) is 34.8 Å². The highest BCUT2D eigenvalue weighted by Gasteiger charge is 2.34. The van der Waals surface area contributed by atoms with Crippen LogP contribution >= 0.6 is 15.9 Å². The summed E-state index contributed by atoms with van der Waals surface area (Å²) in [7, 11) is 0. The lowest BCUT2D eigenvalue weighted by Crippen LogP contribution is -2.50. The molecule has 2 aliphatic rings. The lowest BCUT2D eigenvalue weighted by molar-refractivity contribution is -0.139. The van der Waals surface area contributed by atoms with Gasteiger partial charge >= 0.3 is 5.97 Å². The molecule has 1 unspecified atom stereocenters. The largest absolute Gasteiger partial charge is 0.481 e. The fourth-order valence-electron chi connectivity index (χ4n) is 2.71. The Morgan fingerprint density at radius 1 is 1.43 bits per heavy atom. The second-order valence-corrected chi connectivity index (χ2v) is 6.42. The van der Waals surface area contributed by atoms with Gasteiger partial charge in [0.2, 0.25) is 0 Å². The lowest BCUT2D eigenvalue weighted by atomic mass is 10.1. The van der Waals surface area contributed by atoms with E-state index in [2.05, 4.69) is 15.9 Å². The molecule has 114 valence electrons. The SMILES string of the molecule is O=C(O)CC1COCCN1C(=O)c1cc(Br)cn1C1CC1. The summed E-state index contributed by atoms with van der Waals surface area (Å²) < 4.78 is 8.20. The van der Waals surface area contributed by atoms with Gasteiger partial charge < -0.3 is 19.3 Å². The molecule has 1 saturated carbocycles. The molecule has 0 spiro atoms. The number of hydrogen-bond acceptors (Lipinski definition) is 3. The number of amides is 1. The van der Waals surface area contributed by atoms with Gasteiger partial charge in [-0.25, -0.2) is 0 Å². The van der Waals surface area contributed by atoms with E-state index in [4.69, 9.17) is 9.84 Å².